The maximum absolute atomic E-state index is 13.6. The van der Waals surface area contributed by atoms with E-state index in [-0.39, 0.29) is 17.7 Å². The van der Waals surface area contributed by atoms with Crippen LogP contribution < -0.4 is 4.74 Å². The van der Waals surface area contributed by atoms with E-state index in [1.807, 2.05) is 6.07 Å². The summed E-state index contributed by atoms with van der Waals surface area (Å²) >= 11 is 0. The van der Waals surface area contributed by atoms with Crippen molar-refractivity contribution in [1.29, 1.82) is 0 Å². The summed E-state index contributed by atoms with van der Waals surface area (Å²) in [6.07, 6.45) is 0.434. The zero-order valence-electron chi connectivity index (χ0n) is 14.4. The van der Waals surface area contributed by atoms with Crippen molar-refractivity contribution in [3.05, 3.63) is 65.2 Å². The van der Waals surface area contributed by atoms with E-state index in [2.05, 4.69) is 4.90 Å². The molecule has 3 nitrogen and oxygen atoms in total. The number of morpholine rings is 1. The monoisotopic (exact) mass is 347 g/mol. The Hall–Kier alpha value is -1.98. The third-order valence-electron chi connectivity index (χ3n) is 4.44. The number of rotatable bonds is 6. The van der Waals surface area contributed by atoms with Gasteiger partial charge < -0.3 is 9.47 Å². The Morgan fingerprint density at radius 2 is 1.92 bits per heavy atom. The SMILES string of the molecule is Cc1cc(OC(CCN2CCOCC2)c2cccc(F)c2)ccc1F. The molecule has 1 aliphatic heterocycles. The molecule has 2 aromatic carbocycles. The van der Waals surface area contributed by atoms with Gasteiger partial charge in [0.25, 0.3) is 0 Å². The van der Waals surface area contributed by atoms with Gasteiger partial charge in [0.15, 0.2) is 0 Å². The maximum Gasteiger partial charge on any atom is 0.126 e. The van der Waals surface area contributed by atoms with E-state index >= 15 is 0 Å². The van der Waals surface area contributed by atoms with Crippen LogP contribution in [0.4, 0.5) is 8.78 Å². The van der Waals surface area contributed by atoms with Crippen molar-refractivity contribution in [2.75, 3.05) is 32.8 Å². The van der Waals surface area contributed by atoms with Gasteiger partial charge in [-0.3, -0.25) is 4.90 Å². The zero-order chi connectivity index (χ0) is 17.6. The molecule has 25 heavy (non-hydrogen) atoms. The van der Waals surface area contributed by atoms with Gasteiger partial charge in [0.2, 0.25) is 0 Å². The standard InChI is InChI=1S/C20H23F2NO2/c1-15-13-18(5-6-19(15)22)25-20(16-3-2-4-17(21)14-16)7-8-23-9-11-24-12-10-23/h2-6,13-14,20H,7-12H2,1H3. The number of benzene rings is 2. The lowest BCUT2D eigenvalue weighted by Gasteiger charge is -2.28. The van der Waals surface area contributed by atoms with Crippen LogP contribution >= 0.6 is 0 Å². The maximum atomic E-state index is 13.6. The van der Waals surface area contributed by atoms with Gasteiger partial charge in [0.05, 0.1) is 13.2 Å². The van der Waals surface area contributed by atoms with Crippen molar-refractivity contribution in [3.8, 4) is 5.75 Å². The lowest BCUT2D eigenvalue weighted by Crippen LogP contribution is -2.37. The molecule has 2 aromatic rings. The average Bonchev–Trinajstić information content (AvgIpc) is 2.62. The Morgan fingerprint density at radius 1 is 1.12 bits per heavy atom. The summed E-state index contributed by atoms with van der Waals surface area (Å²) in [4.78, 5) is 2.31. The number of hydrogen-bond donors (Lipinski definition) is 0. The molecule has 1 atom stereocenters. The molecule has 1 fully saturated rings. The second-order valence-electron chi connectivity index (χ2n) is 6.32. The molecule has 3 rings (SSSR count). The third kappa shape index (κ3) is 5.00. The van der Waals surface area contributed by atoms with E-state index in [1.54, 1.807) is 25.1 Å². The first-order valence-corrected chi connectivity index (χ1v) is 8.60. The van der Waals surface area contributed by atoms with Crippen LogP contribution in [0.3, 0.4) is 0 Å². The normalized spacial score (nSPS) is 16.6. The molecule has 0 aromatic heterocycles. The average molecular weight is 347 g/mol. The first kappa shape index (κ1) is 17.8. The van der Waals surface area contributed by atoms with Gasteiger partial charge in [0.1, 0.15) is 23.5 Å². The minimum atomic E-state index is -0.289. The van der Waals surface area contributed by atoms with E-state index in [1.165, 1.54) is 18.2 Å². The smallest absolute Gasteiger partial charge is 0.126 e. The number of hydrogen-bond acceptors (Lipinski definition) is 3. The van der Waals surface area contributed by atoms with Crippen LogP contribution in [0.2, 0.25) is 0 Å². The lowest BCUT2D eigenvalue weighted by atomic mass is 10.1. The van der Waals surface area contributed by atoms with E-state index in [0.717, 1.165) is 44.8 Å². The van der Waals surface area contributed by atoms with Gasteiger partial charge in [0, 0.05) is 26.1 Å². The fourth-order valence-electron chi connectivity index (χ4n) is 2.98. The summed E-state index contributed by atoms with van der Waals surface area (Å²) in [5, 5.41) is 0. The van der Waals surface area contributed by atoms with Gasteiger partial charge in [-0.1, -0.05) is 12.1 Å². The minimum absolute atomic E-state index is 0.261. The summed E-state index contributed by atoms with van der Waals surface area (Å²) < 4.78 is 38.6. The van der Waals surface area contributed by atoms with Crippen molar-refractivity contribution in [1.82, 2.24) is 4.90 Å². The summed E-state index contributed by atoms with van der Waals surface area (Å²) in [5.41, 5.74) is 1.32. The molecule has 1 aliphatic rings. The highest BCUT2D eigenvalue weighted by atomic mass is 19.1. The summed E-state index contributed by atoms with van der Waals surface area (Å²) in [6, 6.07) is 11.2. The molecule has 134 valence electrons. The Morgan fingerprint density at radius 3 is 2.64 bits per heavy atom. The summed E-state index contributed by atoms with van der Waals surface area (Å²) in [5.74, 6) is 0.0471. The number of ether oxygens (including phenoxy) is 2. The quantitative estimate of drug-likeness (QED) is 0.785. The van der Waals surface area contributed by atoms with Gasteiger partial charge in [-0.05, 0) is 48.4 Å². The molecule has 0 amide bonds. The molecule has 0 aliphatic carbocycles. The number of aryl methyl sites for hydroxylation is 1. The first-order valence-electron chi connectivity index (χ1n) is 8.60. The first-order chi connectivity index (χ1) is 12.1. The molecule has 0 radical (unpaired) electrons. The van der Waals surface area contributed by atoms with Crippen LogP contribution in [-0.2, 0) is 4.74 Å². The van der Waals surface area contributed by atoms with Crippen LogP contribution in [-0.4, -0.2) is 37.7 Å². The highest BCUT2D eigenvalue weighted by Gasteiger charge is 2.18. The molecule has 0 spiro atoms. The van der Waals surface area contributed by atoms with Gasteiger partial charge >= 0.3 is 0 Å². The lowest BCUT2D eigenvalue weighted by molar-refractivity contribution is 0.0317. The third-order valence-corrected chi connectivity index (χ3v) is 4.44. The van der Waals surface area contributed by atoms with Crippen molar-refractivity contribution >= 4 is 0 Å². The van der Waals surface area contributed by atoms with Crippen LogP contribution in [0.25, 0.3) is 0 Å². The highest BCUT2D eigenvalue weighted by molar-refractivity contribution is 5.30. The molecule has 0 N–H and O–H groups in total. The number of nitrogens with zero attached hydrogens (tertiary/aromatic N) is 1. The second kappa shape index (κ2) is 8.41. The van der Waals surface area contributed by atoms with Crippen molar-refractivity contribution in [3.63, 3.8) is 0 Å². The fourth-order valence-corrected chi connectivity index (χ4v) is 2.98. The van der Waals surface area contributed by atoms with E-state index in [0.29, 0.717) is 11.3 Å². The van der Waals surface area contributed by atoms with Crippen LogP contribution in [0.1, 0.15) is 23.7 Å². The molecule has 5 heteroatoms. The molecule has 1 unspecified atom stereocenters. The van der Waals surface area contributed by atoms with Crippen LogP contribution in [0.15, 0.2) is 42.5 Å². The van der Waals surface area contributed by atoms with Gasteiger partial charge in [-0.2, -0.15) is 0 Å². The van der Waals surface area contributed by atoms with Gasteiger partial charge in [-0.15, -0.1) is 0 Å². The molecule has 1 heterocycles. The largest absolute Gasteiger partial charge is 0.486 e. The van der Waals surface area contributed by atoms with E-state index in [4.69, 9.17) is 9.47 Å². The molecule has 1 saturated heterocycles. The Balaban J connectivity index is 1.74. The molecular weight excluding hydrogens is 324 g/mol. The molecule has 0 saturated carbocycles. The van der Waals surface area contributed by atoms with Crippen LogP contribution in [0.5, 0.6) is 5.75 Å². The van der Waals surface area contributed by atoms with Crippen molar-refractivity contribution in [2.24, 2.45) is 0 Å². The summed E-state index contributed by atoms with van der Waals surface area (Å²) in [7, 11) is 0. The Kier molecular flexibility index (Phi) is 6.00. The minimum Gasteiger partial charge on any atom is -0.486 e. The highest BCUT2D eigenvalue weighted by Crippen LogP contribution is 2.27. The van der Waals surface area contributed by atoms with Crippen molar-refractivity contribution in [2.45, 2.75) is 19.4 Å². The van der Waals surface area contributed by atoms with Crippen molar-refractivity contribution < 1.29 is 18.3 Å². The van der Waals surface area contributed by atoms with Gasteiger partial charge in [-0.25, -0.2) is 8.78 Å². The van der Waals surface area contributed by atoms with E-state index in [9.17, 15) is 8.78 Å². The Bertz CT molecular complexity index is 702. The topological polar surface area (TPSA) is 21.7 Å². The van der Waals surface area contributed by atoms with Crippen LogP contribution in [0, 0.1) is 18.6 Å². The predicted octanol–water partition coefficient (Wildman–Crippen LogP) is 4.12. The van der Waals surface area contributed by atoms with E-state index < -0.39 is 0 Å². The molecular formula is C20H23F2NO2. The second-order valence-corrected chi connectivity index (χ2v) is 6.32. The number of halogens is 2. The predicted molar refractivity (Wildman–Crippen MR) is 92.8 cm³/mol. The summed E-state index contributed by atoms with van der Waals surface area (Å²) in [6.45, 7) is 5.81. The fraction of sp³-hybridized carbons (Fsp3) is 0.400. The zero-order valence-corrected chi connectivity index (χ0v) is 14.4. The Labute approximate surface area is 147 Å². The molecule has 0 bridgehead atoms.